The Bertz CT molecular complexity index is 805. The third kappa shape index (κ3) is 4.92. The first-order valence-corrected chi connectivity index (χ1v) is 8.79. The van der Waals surface area contributed by atoms with Gasteiger partial charge in [-0.2, -0.15) is 0 Å². The van der Waals surface area contributed by atoms with Crippen molar-refractivity contribution in [1.29, 1.82) is 0 Å². The van der Waals surface area contributed by atoms with E-state index in [1.807, 2.05) is 42.9 Å². The minimum atomic E-state index is -0.160. The van der Waals surface area contributed by atoms with E-state index in [-0.39, 0.29) is 5.82 Å². The second-order valence-corrected chi connectivity index (χ2v) is 6.27. The van der Waals surface area contributed by atoms with Crippen molar-refractivity contribution in [1.82, 2.24) is 14.5 Å². The molecule has 1 heterocycles. The molecule has 0 saturated heterocycles. The first kappa shape index (κ1) is 18.1. The van der Waals surface area contributed by atoms with Gasteiger partial charge in [0.05, 0.1) is 13.4 Å². The number of para-hydroxylation sites is 1. The number of halogens is 1. The van der Waals surface area contributed by atoms with Crippen molar-refractivity contribution in [3.8, 4) is 5.75 Å². The quantitative estimate of drug-likeness (QED) is 0.580. The zero-order chi connectivity index (χ0) is 18.2. The minimum Gasteiger partial charge on any atom is -0.496 e. The number of hydrogen-bond acceptors (Lipinski definition) is 3. The summed E-state index contributed by atoms with van der Waals surface area (Å²) >= 11 is 0. The Kier molecular flexibility index (Phi) is 6.39. The highest BCUT2D eigenvalue weighted by Crippen LogP contribution is 2.21. The van der Waals surface area contributed by atoms with Gasteiger partial charge in [0, 0.05) is 49.7 Å². The number of ether oxygens (including phenoxy) is 1. The molecule has 3 rings (SSSR count). The molecule has 3 aromatic rings. The Morgan fingerprint density at radius 3 is 2.50 bits per heavy atom. The number of rotatable bonds is 9. The van der Waals surface area contributed by atoms with E-state index in [0.29, 0.717) is 18.7 Å². The van der Waals surface area contributed by atoms with Crippen LogP contribution < -0.4 is 4.74 Å². The van der Waals surface area contributed by atoms with E-state index in [2.05, 4.69) is 20.5 Å². The fourth-order valence-corrected chi connectivity index (χ4v) is 3.05. The molecule has 136 valence electrons. The summed E-state index contributed by atoms with van der Waals surface area (Å²) < 4.78 is 21.6. The molecule has 0 N–H and O–H groups in total. The van der Waals surface area contributed by atoms with Crippen LogP contribution in [0.5, 0.6) is 5.75 Å². The van der Waals surface area contributed by atoms with Crippen LogP contribution in [0.3, 0.4) is 0 Å². The second kappa shape index (κ2) is 9.15. The molecule has 0 aliphatic carbocycles. The summed E-state index contributed by atoms with van der Waals surface area (Å²) in [5, 5.41) is 0. The van der Waals surface area contributed by atoms with E-state index in [4.69, 9.17) is 4.74 Å². The van der Waals surface area contributed by atoms with Crippen LogP contribution in [0.2, 0.25) is 0 Å². The smallest absolute Gasteiger partial charge is 0.127 e. The molecule has 0 unspecified atom stereocenters. The summed E-state index contributed by atoms with van der Waals surface area (Å²) in [4.78, 5) is 6.33. The first-order chi connectivity index (χ1) is 12.8. The Labute approximate surface area is 153 Å². The topological polar surface area (TPSA) is 30.3 Å². The van der Waals surface area contributed by atoms with Crippen LogP contribution in [-0.2, 0) is 19.6 Å². The van der Waals surface area contributed by atoms with Gasteiger partial charge in [0.1, 0.15) is 11.6 Å². The van der Waals surface area contributed by atoms with Crippen molar-refractivity contribution in [2.75, 3.05) is 13.7 Å². The van der Waals surface area contributed by atoms with Gasteiger partial charge in [-0.15, -0.1) is 0 Å². The number of hydrogen-bond donors (Lipinski definition) is 0. The molecular formula is C21H24FN3O. The van der Waals surface area contributed by atoms with Gasteiger partial charge >= 0.3 is 0 Å². The first-order valence-electron chi connectivity index (χ1n) is 8.79. The molecule has 0 saturated carbocycles. The maximum absolute atomic E-state index is 14.1. The number of aryl methyl sites for hydroxylation is 1. The lowest BCUT2D eigenvalue weighted by Crippen LogP contribution is -2.25. The maximum Gasteiger partial charge on any atom is 0.127 e. The molecule has 0 spiro atoms. The van der Waals surface area contributed by atoms with E-state index in [1.165, 1.54) is 6.07 Å². The lowest BCUT2D eigenvalue weighted by molar-refractivity contribution is 0.241. The molecule has 0 bridgehead atoms. The summed E-state index contributed by atoms with van der Waals surface area (Å²) in [6.45, 7) is 3.02. The predicted molar refractivity (Wildman–Crippen MR) is 100 cm³/mol. The van der Waals surface area contributed by atoms with Crippen LogP contribution >= 0.6 is 0 Å². The fourth-order valence-electron chi connectivity index (χ4n) is 3.05. The fraction of sp³-hybridized carbons (Fsp3) is 0.286. The van der Waals surface area contributed by atoms with E-state index in [0.717, 1.165) is 30.8 Å². The Morgan fingerprint density at radius 2 is 1.77 bits per heavy atom. The van der Waals surface area contributed by atoms with Gasteiger partial charge in [0.15, 0.2) is 0 Å². The van der Waals surface area contributed by atoms with E-state index in [1.54, 1.807) is 19.4 Å². The van der Waals surface area contributed by atoms with Crippen LogP contribution in [0.15, 0.2) is 67.3 Å². The normalized spacial score (nSPS) is 11.0. The molecule has 5 heteroatoms. The summed E-state index contributed by atoms with van der Waals surface area (Å²) in [6.07, 6.45) is 6.52. The van der Waals surface area contributed by atoms with Gasteiger partial charge in [0.25, 0.3) is 0 Å². The molecule has 0 fully saturated rings. The van der Waals surface area contributed by atoms with Crippen molar-refractivity contribution in [2.45, 2.75) is 26.1 Å². The molecule has 0 aliphatic rings. The monoisotopic (exact) mass is 353 g/mol. The molecule has 0 amide bonds. The largest absolute Gasteiger partial charge is 0.496 e. The summed E-state index contributed by atoms with van der Waals surface area (Å²) in [6, 6.07) is 15.0. The third-order valence-electron chi connectivity index (χ3n) is 4.39. The second-order valence-electron chi connectivity index (χ2n) is 6.27. The number of aromatic nitrogens is 2. The lowest BCUT2D eigenvalue weighted by atomic mass is 10.1. The lowest BCUT2D eigenvalue weighted by Gasteiger charge is -2.24. The number of benzene rings is 2. The van der Waals surface area contributed by atoms with Crippen LogP contribution in [0.25, 0.3) is 0 Å². The molecule has 1 aromatic heterocycles. The van der Waals surface area contributed by atoms with Crippen molar-refractivity contribution in [3.05, 3.63) is 84.2 Å². The van der Waals surface area contributed by atoms with E-state index in [9.17, 15) is 4.39 Å². The average molecular weight is 353 g/mol. The van der Waals surface area contributed by atoms with Gasteiger partial charge in [-0.3, -0.25) is 4.90 Å². The number of imidazole rings is 1. The van der Waals surface area contributed by atoms with Crippen LogP contribution in [0, 0.1) is 5.82 Å². The van der Waals surface area contributed by atoms with Crippen molar-refractivity contribution in [2.24, 2.45) is 0 Å². The molecular weight excluding hydrogens is 329 g/mol. The van der Waals surface area contributed by atoms with Gasteiger partial charge < -0.3 is 9.30 Å². The van der Waals surface area contributed by atoms with Gasteiger partial charge in [-0.1, -0.05) is 36.4 Å². The molecule has 0 radical (unpaired) electrons. The van der Waals surface area contributed by atoms with Gasteiger partial charge in [-0.25, -0.2) is 9.37 Å². The minimum absolute atomic E-state index is 0.160. The Hall–Kier alpha value is -2.66. The average Bonchev–Trinajstić information content (AvgIpc) is 3.17. The standard InChI is InChI=1S/C21H24FN3O/c1-26-21-10-5-3-8-19(21)16-25(13-6-12-24-14-11-23-17-24)15-18-7-2-4-9-20(18)22/h2-5,7-11,14,17H,6,12-13,15-16H2,1H3. The van der Waals surface area contributed by atoms with E-state index < -0.39 is 0 Å². The summed E-state index contributed by atoms with van der Waals surface area (Å²) in [5.74, 6) is 0.702. The SMILES string of the molecule is COc1ccccc1CN(CCCn1ccnc1)Cc1ccccc1F. The van der Waals surface area contributed by atoms with Crippen molar-refractivity contribution in [3.63, 3.8) is 0 Å². The highest BCUT2D eigenvalue weighted by molar-refractivity contribution is 5.33. The Morgan fingerprint density at radius 1 is 1.04 bits per heavy atom. The number of nitrogens with zero attached hydrogens (tertiary/aromatic N) is 3. The Balaban J connectivity index is 1.70. The predicted octanol–water partition coefficient (Wildman–Crippen LogP) is 4.12. The molecule has 0 atom stereocenters. The van der Waals surface area contributed by atoms with Gasteiger partial charge in [0.2, 0.25) is 0 Å². The molecule has 2 aromatic carbocycles. The zero-order valence-electron chi connectivity index (χ0n) is 15.0. The highest BCUT2D eigenvalue weighted by atomic mass is 19.1. The highest BCUT2D eigenvalue weighted by Gasteiger charge is 2.12. The maximum atomic E-state index is 14.1. The van der Waals surface area contributed by atoms with Gasteiger partial charge in [-0.05, 0) is 18.6 Å². The van der Waals surface area contributed by atoms with Crippen molar-refractivity contribution < 1.29 is 9.13 Å². The zero-order valence-corrected chi connectivity index (χ0v) is 15.0. The summed E-state index contributed by atoms with van der Waals surface area (Å²) in [5.41, 5.74) is 1.82. The van der Waals surface area contributed by atoms with Crippen LogP contribution in [-0.4, -0.2) is 28.1 Å². The molecule has 0 aliphatic heterocycles. The van der Waals surface area contributed by atoms with Crippen molar-refractivity contribution >= 4 is 0 Å². The number of methoxy groups -OCH3 is 1. The molecule has 26 heavy (non-hydrogen) atoms. The van der Waals surface area contributed by atoms with E-state index >= 15 is 0 Å². The van der Waals surface area contributed by atoms with Crippen LogP contribution in [0.1, 0.15) is 17.5 Å². The molecule has 4 nitrogen and oxygen atoms in total. The summed E-state index contributed by atoms with van der Waals surface area (Å²) in [7, 11) is 1.68. The third-order valence-corrected chi connectivity index (χ3v) is 4.39. The van der Waals surface area contributed by atoms with Crippen LogP contribution in [0.4, 0.5) is 4.39 Å².